The van der Waals surface area contributed by atoms with Crippen LogP contribution in [-0.2, 0) is 14.2 Å². The van der Waals surface area contributed by atoms with Gasteiger partial charge in [0.2, 0.25) is 0 Å². The predicted molar refractivity (Wildman–Crippen MR) is 115 cm³/mol. The summed E-state index contributed by atoms with van der Waals surface area (Å²) in [6, 6.07) is 0. The van der Waals surface area contributed by atoms with Crippen molar-refractivity contribution in [1.82, 2.24) is 0 Å². The van der Waals surface area contributed by atoms with Crippen LogP contribution >= 0.6 is 0 Å². The van der Waals surface area contributed by atoms with Crippen molar-refractivity contribution >= 4 is 0 Å². The Labute approximate surface area is 218 Å². The summed E-state index contributed by atoms with van der Waals surface area (Å²) in [7, 11) is 1.64. The molecular weight excluding hydrogens is 394 g/mol. The molecule has 2 rings (SSSR count). The summed E-state index contributed by atoms with van der Waals surface area (Å²) in [5.74, 6) is 0.141. The minimum atomic E-state index is -0.459. The minimum absolute atomic E-state index is 0. The third kappa shape index (κ3) is 6.25. The van der Waals surface area contributed by atoms with Gasteiger partial charge in [-0.15, -0.1) is 0 Å². The standard InChI is InChI=1S/C25H40O5.2Li/c1-10-19(26)23(29-15(4)5)24(30-16(6)7)22(27)21-18-12-11-17(14(2)3)25(18,8)13-20(21)28-9;;/h10,14-17,20,26-27H,1,11-13H2,2-9H3;;/q;2*+1/p-2/b23-19-,24-22-;;/t17-,20+,25-;;/m0../s1. The first kappa shape index (κ1) is 31.3. The van der Waals surface area contributed by atoms with Gasteiger partial charge in [-0.05, 0) is 69.8 Å². The Hall–Kier alpha value is -0.685. The van der Waals surface area contributed by atoms with Gasteiger partial charge in [-0.1, -0.05) is 50.5 Å². The summed E-state index contributed by atoms with van der Waals surface area (Å²) in [5, 5.41) is 26.5. The van der Waals surface area contributed by atoms with Crippen molar-refractivity contribution in [2.75, 3.05) is 7.11 Å². The Balaban J connectivity index is 0.00000480. The van der Waals surface area contributed by atoms with Gasteiger partial charge < -0.3 is 24.4 Å². The van der Waals surface area contributed by atoms with E-state index < -0.39 is 5.76 Å². The number of methoxy groups -OCH3 is 1. The molecule has 2 aliphatic carbocycles. The maximum Gasteiger partial charge on any atom is 1.00 e. The first-order valence-electron chi connectivity index (χ1n) is 11.0. The topological polar surface area (TPSA) is 73.8 Å². The number of ether oxygens (including phenoxy) is 3. The fourth-order valence-electron chi connectivity index (χ4n) is 5.20. The molecule has 3 atom stereocenters. The van der Waals surface area contributed by atoms with Crippen molar-refractivity contribution in [3.05, 3.63) is 46.8 Å². The molecule has 5 nitrogen and oxygen atoms in total. The van der Waals surface area contributed by atoms with Crippen molar-refractivity contribution < 1.29 is 62.1 Å². The van der Waals surface area contributed by atoms with Crippen molar-refractivity contribution in [3.8, 4) is 0 Å². The second-order valence-corrected chi connectivity index (χ2v) is 9.52. The van der Waals surface area contributed by atoms with E-state index in [1.807, 2.05) is 27.7 Å². The second-order valence-electron chi connectivity index (χ2n) is 9.52. The fraction of sp³-hybridized carbons (Fsp3) is 0.680. The van der Waals surface area contributed by atoms with Crippen molar-refractivity contribution in [1.29, 1.82) is 0 Å². The molecule has 1 saturated carbocycles. The molecule has 0 heterocycles. The van der Waals surface area contributed by atoms with E-state index in [0.717, 1.165) is 30.9 Å². The number of hydrogen-bond acceptors (Lipinski definition) is 5. The second kappa shape index (κ2) is 12.7. The average molecular weight is 432 g/mol. The van der Waals surface area contributed by atoms with E-state index in [-0.39, 0.29) is 78.7 Å². The maximum absolute atomic E-state index is 13.9. The third-order valence-electron chi connectivity index (χ3n) is 6.33. The van der Waals surface area contributed by atoms with E-state index >= 15 is 0 Å². The minimum Gasteiger partial charge on any atom is -0.870 e. The van der Waals surface area contributed by atoms with Crippen LogP contribution in [0, 0.1) is 17.3 Å². The number of rotatable bonds is 9. The molecule has 0 bridgehead atoms. The molecule has 0 N–H and O–H groups in total. The van der Waals surface area contributed by atoms with Crippen LogP contribution in [0.25, 0.3) is 0 Å². The van der Waals surface area contributed by atoms with E-state index in [1.54, 1.807) is 7.11 Å². The smallest absolute Gasteiger partial charge is 0.870 e. The molecule has 1 fully saturated rings. The van der Waals surface area contributed by atoms with Crippen LogP contribution in [-0.4, -0.2) is 25.4 Å². The van der Waals surface area contributed by atoms with Crippen LogP contribution in [0.2, 0.25) is 0 Å². The number of allylic oxidation sites excluding steroid dienone is 2. The zero-order valence-corrected chi connectivity index (χ0v) is 21.8. The van der Waals surface area contributed by atoms with Crippen LogP contribution in [0.4, 0.5) is 0 Å². The molecule has 2 aliphatic rings. The number of fused-ring (bicyclic) bond motifs is 1. The van der Waals surface area contributed by atoms with Crippen molar-refractivity contribution in [2.24, 2.45) is 17.3 Å². The van der Waals surface area contributed by atoms with Gasteiger partial charge in [0.25, 0.3) is 0 Å². The Bertz CT molecular complexity index is 751. The fourth-order valence-corrected chi connectivity index (χ4v) is 5.20. The van der Waals surface area contributed by atoms with Crippen LogP contribution < -0.4 is 47.9 Å². The summed E-state index contributed by atoms with van der Waals surface area (Å²) in [4.78, 5) is 0. The zero-order chi connectivity index (χ0) is 22.8. The van der Waals surface area contributed by atoms with Gasteiger partial charge in [0, 0.05) is 7.11 Å². The van der Waals surface area contributed by atoms with E-state index in [1.165, 1.54) is 0 Å². The molecule has 0 aliphatic heterocycles. The Kier molecular flexibility index (Phi) is 12.4. The summed E-state index contributed by atoms with van der Waals surface area (Å²) in [6.07, 6.45) is 2.95. The molecule has 0 radical (unpaired) electrons. The molecule has 0 aromatic carbocycles. The molecule has 0 aromatic heterocycles. The summed E-state index contributed by atoms with van der Waals surface area (Å²) in [6.45, 7) is 17.6. The van der Waals surface area contributed by atoms with Crippen LogP contribution in [0.5, 0.6) is 0 Å². The molecule has 0 saturated heterocycles. The SMILES string of the molecule is C=C/C([O-])=C(OC(C)C)\C(OC(C)C)=C(\[O-])C1=C2CC[C@@H](C(C)C)[C@]2(C)C[C@H]1OC.[Li+].[Li+]. The summed E-state index contributed by atoms with van der Waals surface area (Å²) >= 11 is 0. The van der Waals surface area contributed by atoms with Crippen LogP contribution in [0.1, 0.15) is 67.7 Å². The Morgan fingerprint density at radius 1 is 1.03 bits per heavy atom. The Morgan fingerprint density at radius 3 is 2.00 bits per heavy atom. The normalized spacial score (nSPS) is 26.3. The van der Waals surface area contributed by atoms with E-state index in [9.17, 15) is 10.2 Å². The molecule has 0 amide bonds. The van der Waals surface area contributed by atoms with Gasteiger partial charge in [0.05, 0.1) is 18.3 Å². The molecule has 7 heteroatoms. The quantitative estimate of drug-likeness (QED) is 0.239. The Morgan fingerprint density at radius 2 is 1.56 bits per heavy atom. The van der Waals surface area contributed by atoms with Gasteiger partial charge in [0.15, 0.2) is 11.5 Å². The molecule has 170 valence electrons. The maximum atomic E-state index is 13.9. The van der Waals surface area contributed by atoms with Gasteiger partial charge in [0.1, 0.15) is 0 Å². The average Bonchev–Trinajstić information content (AvgIpc) is 3.13. The molecular formula is C25H38Li2O5. The molecule has 0 aromatic rings. The van der Waals surface area contributed by atoms with Gasteiger partial charge in [-0.3, -0.25) is 0 Å². The van der Waals surface area contributed by atoms with E-state index in [0.29, 0.717) is 17.4 Å². The van der Waals surface area contributed by atoms with Gasteiger partial charge in [-0.2, -0.15) is 0 Å². The molecule has 32 heavy (non-hydrogen) atoms. The number of hydrogen-bond donors (Lipinski definition) is 0. The van der Waals surface area contributed by atoms with Crippen LogP contribution in [0.3, 0.4) is 0 Å². The predicted octanol–water partition coefficient (Wildman–Crippen LogP) is -2.04. The first-order chi connectivity index (χ1) is 14.0. The summed E-state index contributed by atoms with van der Waals surface area (Å²) < 4.78 is 17.4. The molecule has 0 unspecified atom stereocenters. The first-order valence-corrected chi connectivity index (χ1v) is 11.0. The largest absolute Gasteiger partial charge is 1.00 e. The van der Waals surface area contributed by atoms with Gasteiger partial charge >= 0.3 is 37.7 Å². The van der Waals surface area contributed by atoms with Crippen molar-refractivity contribution in [3.63, 3.8) is 0 Å². The third-order valence-corrected chi connectivity index (χ3v) is 6.33. The van der Waals surface area contributed by atoms with Crippen molar-refractivity contribution in [2.45, 2.75) is 86.0 Å². The zero-order valence-electron chi connectivity index (χ0n) is 21.8. The van der Waals surface area contributed by atoms with E-state index in [4.69, 9.17) is 14.2 Å². The van der Waals surface area contributed by atoms with Gasteiger partial charge in [-0.25, -0.2) is 0 Å². The van der Waals surface area contributed by atoms with Crippen LogP contribution in [0.15, 0.2) is 46.8 Å². The summed E-state index contributed by atoms with van der Waals surface area (Å²) in [5.41, 5.74) is 1.71. The monoisotopic (exact) mass is 432 g/mol. The molecule has 0 spiro atoms. The van der Waals surface area contributed by atoms with E-state index in [2.05, 4.69) is 27.4 Å².